The predicted molar refractivity (Wildman–Crippen MR) is 51.9 cm³/mol. The molecular formula is C11H18N+. The molecule has 1 aromatic carbocycles. The molecule has 1 atom stereocenters. The van der Waals surface area contributed by atoms with Gasteiger partial charge in [0.05, 0.1) is 6.54 Å². The lowest BCUT2D eigenvalue weighted by Crippen LogP contribution is -2.84. The van der Waals surface area contributed by atoms with Crippen LogP contribution in [-0.4, -0.2) is 6.54 Å². The van der Waals surface area contributed by atoms with Crippen molar-refractivity contribution in [1.82, 2.24) is 0 Å². The van der Waals surface area contributed by atoms with Gasteiger partial charge in [-0.1, -0.05) is 37.3 Å². The van der Waals surface area contributed by atoms with Crippen LogP contribution in [0, 0.1) is 0 Å². The highest BCUT2D eigenvalue weighted by molar-refractivity contribution is 5.16. The first kappa shape index (κ1) is 9.27. The standard InChI is InChI=1S/C11H17N/c1-3-9-12-10(2)11-7-5-4-6-8-11/h4-8,10,12H,3,9H2,1-2H3/p+1/t10-/m0/s1. The van der Waals surface area contributed by atoms with E-state index in [2.05, 4.69) is 49.5 Å². The molecule has 12 heavy (non-hydrogen) atoms. The molecule has 2 N–H and O–H groups in total. The van der Waals surface area contributed by atoms with Gasteiger partial charge in [-0.25, -0.2) is 0 Å². The van der Waals surface area contributed by atoms with E-state index >= 15 is 0 Å². The molecule has 1 aromatic rings. The maximum atomic E-state index is 2.38. The van der Waals surface area contributed by atoms with Gasteiger partial charge in [-0.3, -0.25) is 0 Å². The fourth-order valence-electron chi connectivity index (χ4n) is 1.31. The first-order valence-electron chi connectivity index (χ1n) is 4.73. The van der Waals surface area contributed by atoms with Crippen LogP contribution in [0.4, 0.5) is 0 Å². The Morgan fingerprint density at radius 1 is 1.25 bits per heavy atom. The van der Waals surface area contributed by atoms with E-state index in [0.29, 0.717) is 6.04 Å². The average Bonchev–Trinajstić information content (AvgIpc) is 2.15. The van der Waals surface area contributed by atoms with Crippen LogP contribution in [0.15, 0.2) is 30.3 Å². The van der Waals surface area contributed by atoms with Crippen molar-refractivity contribution in [2.24, 2.45) is 0 Å². The second kappa shape index (κ2) is 4.94. The smallest absolute Gasteiger partial charge is 0.109 e. The van der Waals surface area contributed by atoms with Gasteiger partial charge in [-0.05, 0) is 13.3 Å². The van der Waals surface area contributed by atoms with E-state index in [1.54, 1.807) is 0 Å². The minimum atomic E-state index is 0.603. The number of hydrogen-bond donors (Lipinski definition) is 1. The fraction of sp³-hybridized carbons (Fsp3) is 0.455. The summed E-state index contributed by atoms with van der Waals surface area (Å²) in [6, 6.07) is 11.3. The third-order valence-electron chi connectivity index (χ3n) is 2.13. The number of rotatable bonds is 4. The summed E-state index contributed by atoms with van der Waals surface area (Å²) in [6.45, 7) is 5.69. The Morgan fingerprint density at radius 3 is 2.50 bits per heavy atom. The van der Waals surface area contributed by atoms with Crippen molar-refractivity contribution in [3.63, 3.8) is 0 Å². The van der Waals surface area contributed by atoms with Crippen LogP contribution in [0.2, 0.25) is 0 Å². The molecule has 0 aliphatic heterocycles. The zero-order chi connectivity index (χ0) is 8.81. The minimum absolute atomic E-state index is 0.603. The van der Waals surface area contributed by atoms with Crippen molar-refractivity contribution < 1.29 is 5.32 Å². The van der Waals surface area contributed by atoms with Crippen LogP contribution in [0.5, 0.6) is 0 Å². The Labute approximate surface area is 74.8 Å². The lowest BCUT2D eigenvalue weighted by molar-refractivity contribution is -0.692. The first-order valence-corrected chi connectivity index (χ1v) is 4.73. The number of nitrogens with two attached hydrogens (primary N) is 1. The molecule has 1 heteroatoms. The summed E-state index contributed by atoms with van der Waals surface area (Å²) in [5.41, 5.74) is 1.42. The van der Waals surface area contributed by atoms with Crippen LogP contribution >= 0.6 is 0 Å². The Hall–Kier alpha value is -0.820. The van der Waals surface area contributed by atoms with Gasteiger partial charge in [0.25, 0.3) is 0 Å². The molecule has 0 unspecified atom stereocenters. The molecule has 0 spiro atoms. The van der Waals surface area contributed by atoms with Gasteiger partial charge in [-0.2, -0.15) is 0 Å². The SMILES string of the molecule is CCC[NH2+][C@@H](C)c1ccccc1. The van der Waals surface area contributed by atoms with Gasteiger partial charge in [-0.15, -0.1) is 0 Å². The van der Waals surface area contributed by atoms with Crippen LogP contribution < -0.4 is 5.32 Å². The van der Waals surface area contributed by atoms with Gasteiger partial charge < -0.3 is 5.32 Å². The van der Waals surface area contributed by atoms with Crippen LogP contribution in [0.3, 0.4) is 0 Å². The highest BCUT2D eigenvalue weighted by atomic mass is 14.9. The largest absolute Gasteiger partial charge is 0.340 e. The second-order valence-corrected chi connectivity index (χ2v) is 3.22. The van der Waals surface area contributed by atoms with E-state index < -0.39 is 0 Å². The number of hydrogen-bond acceptors (Lipinski definition) is 0. The maximum Gasteiger partial charge on any atom is 0.109 e. The third kappa shape index (κ3) is 2.67. The molecular weight excluding hydrogens is 146 g/mol. The predicted octanol–water partition coefficient (Wildman–Crippen LogP) is 1.72. The van der Waals surface area contributed by atoms with Crippen molar-refractivity contribution in [2.75, 3.05) is 6.54 Å². The normalized spacial score (nSPS) is 12.8. The molecule has 0 amide bonds. The maximum absolute atomic E-state index is 2.38. The molecule has 0 aliphatic rings. The van der Waals surface area contributed by atoms with Crippen LogP contribution in [-0.2, 0) is 0 Å². The molecule has 0 radical (unpaired) electrons. The minimum Gasteiger partial charge on any atom is -0.340 e. The van der Waals surface area contributed by atoms with E-state index in [1.165, 1.54) is 18.5 Å². The molecule has 1 rings (SSSR count). The van der Waals surface area contributed by atoms with Crippen molar-refractivity contribution in [1.29, 1.82) is 0 Å². The summed E-state index contributed by atoms with van der Waals surface area (Å²) in [5.74, 6) is 0. The molecule has 0 saturated carbocycles. The van der Waals surface area contributed by atoms with E-state index in [9.17, 15) is 0 Å². The van der Waals surface area contributed by atoms with Crippen molar-refractivity contribution in [3.8, 4) is 0 Å². The van der Waals surface area contributed by atoms with Gasteiger partial charge in [0, 0.05) is 5.56 Å². The van der Waals surface area contributed by atoms with Crippen molar-refractivity contribution in [3.05, 3.63) is 35.9 Å². The summed E-state index contributed by atoms with van der Waals surface area (Å²) >= 11 is 0. The van der Waals surface area contributed by atoms with Crippen molar-refractivity contribution in [2.45, 2.75) is 26.3 Å². The number of benzene rings is 1. The summed E-state index contributed by atoms with van der Waals surface area (Å²) in [7, 11) is 0. The quantitative estimate of drug-likeness (QED) is 0.698. The molecule has 0 bridgehead atoms. The fourth-order valence-corrected chi connectivity index (χ4v) is 1.31. The lowest BCUT2D eigenvalue weighted by Gasteiger charge is -2.09. The Balaban J connectivity index is 2.48. The van der Waals surface area contributed by atoms with Crippen LogP contribution in [0.25, 0.3) is 0 Å². The van der Waals surface area contributed by atoms with E-state index in [-0.39, 0.29) is 0 Å². The first-order chi connectivity index (χ1) is 5.84. The Morgan fingerprint density at radius 2 is 1.92 bits per heavy atom. The zero-order valence-corrected chi connectivity index (χ0v) is 7.96. The van der Waals surface area contributed by atoms with E-state index in [1.807, 2.05) is 0 Å². The van der Waals surface area contributed by atoms with Gasteiger partial charge in [0.15, 0.2) is 0 Å². The van der Waals surface area contributed by atoms with Gasteiger partial charge in [0.2, 0.25) is 0 Å². The zero-order valence-electron chi connectivity index (χ0n) is 7.96. The van der Waals surface area contributed by atoms with Crippen LogP contribution in [0.1, 0.15) is 31.9 Å². The highest BCUT2D eigenvalue weighted by Crippen LogP contribution is 2.05. The molecule has 0 aromatic heterocycles. The highest BCUT2D eigenvalue weighted by Gasteiger charge is 2.04. The lowest BCUT2D eigenvalue weighted by atomic mass is 10.1. The summed E-state index contributed by atoms with van der Waals surface area (Å²) in [4.78, 5) is 0. The Kier molecular flexibility index (Phi) is 3.81. The van der Waals surface area contributed by atoms with Gasteiger partial charge in [0.1, 0.15) is 6.04 Å². The van der Waals surface area contributed by atoms with E-state index in [4.69, 9.17) is 0 Å². The monoisotopic (exact) mass is 164 g/mol. The summed E-state index contributed by atoms with van der Waals surface area (Å²) < 4.78 is 0. The molecule has 0 heterocycles. The number of quaternary nitrogens is 1. The van der Waals surface area contributed by atoms with E-state index in [0.717, 1.165) is 0 Å². The molecule has 1 nitrogen and oxygen atoms in total. The third-order valence-corrected chi connectivity index (χ3v) is 2.13. The molecule has 0 saturated heterocycles. The second-order valence-electron chi connectivity index (χ2n) is 3.22. The van der Waals surface area contributed by atoms with Crippen molar-refractivity contribution >= 4 is 0 Å². The topological polar surface area (TPSA) is 16.6 Å². The Bertz CT molecular complexity index is 206. The summed E-state index contributed by atoms with van der Waals surface area (Å²) in [5, 5.41) is 2.38. The summed E-state index contributed by atoms with van der Waals surface area (Å²) in [6.07, 6.45) is 1.25. The average molecular weight is 164 g/mol. The molecule has 0 fully saturated rings. The molecule has 0 aliphatic carbocycles. The molecule has 66 valence electrons. The van der Waals surface area contributed by atoms with Gasteiger partial charge >= 0.3 is 0 Å².